The van der Waals surface area contributed by atoms with Gasteiger partial charge < -0.3 is 16.0 Å². The molecule has 0 bridgehead atoms. The molecule has 1 aromatic rings. The second kappa shape index (κ2) is 13.6. The normalized spacial score (nSPS) is 11.7. The number of guanidine groups is 1. The summed E-state index contributed by atoms with van der Waals surface area (Å²) in [6, 6.07) is 3.85. The van der Waals surface area contributed by atoms with Crippen LogP contribution in [0.1, 0.15) is 33.6 Å². The quantitative estimate of drug-likeness (QED) is 0.0982. The van der Waals surface area contributed by atoms with E-state index in [4.69, 9.17) is 0 Å². The van der Waals surface area contributed by atoms with Crippen molar-refractivity contribution in [1.29, 1.82) is 0 Å². The number of aliphatic imine (C=N–C) groups is 1. The Bertz CT molecular complexity index is 784. The van der Waals surface area contributed by atoms with Crippen LogP contribution in [0.2, 0.25) is 0 Å². The van der Waals surface area contributed by atoms with Gasteiger partial charge in [0.2, 0.25) is 0 Å². The number of rotatable bonds is 11. The molecule has 166 valence electrons. The minimum Gasteiger partial charge on any atom is -0.378 e. The van der Waals surface area contributed by atoms with Crippen LogP contribution in [0.4, 0.5) is 11.4 Å². The molecule has 9 nitrogen and oxygen atoms in total. The van der Waals surface area contributed by atoms with Crippen molar-refractivity contribution < 1.29 is 13.3 Å². The topological polar surface area (TPSA) is 126 Å². The van der Waals surface area contributed by atoms with Crippen molar-refractivity contribution in [2.45, 2.75) is 38.5 Å². The average Bonchev–Trinajstić information content (AvgIpc) is 2.61. The number of hydrogen-bond donors (Lipinski definition) is 3. The van der Waals surface area contributed by atoms with E-state index in [0.717, 1.165) is 38.3 Å². The zero-order chi connectivity index (χ0) is 21.2. The van der Waals surface area contributed by atoms with Gasteiger partial charge in [-0.05, 0) is 37.8 Å². The monoisotopic (exact) mass is 541 g/mol. The minimum atomic E-state index is -3.50. The van der Waals surface area contributed by atoms with Gasteiger partial charge >= 0.3 is 0 Å². The second-order valence-electron chi connectivity index (χ2n) is 6.86. The summed E-state index contributed by atoms with van der Waals surface area (Å²) in [6.45, 7) is 8.73. The highest BCUT2D eigenvalue weighted by molar-refractivity contribution is 14.0. The summed E-state index contributed by atoms with van der Waals surface area (Å²) in [4.78, 5) is 15.1. The summed E-state index contributed by atoms with van der Waals surface area (Å²) in [6.07, 6.45) is 3.16. The van der Waals surface area contributed by atoms with Gasteiger partial charge in [-0.3, -0.25) is 15.1 Å². The fourth-order valence-electron chi connectivity index (χ4n) is 2.45. The number of nitro groups is 1. The zero-order valence-corrected chi connectivity index (χ0v) is 20.5. The molecule has 0 aromatic heterocycles. The number of nitrogens with one attached hydrogen (secondary N) is 3. The summed E-state index contributed by atoms with van der Waals surface area (Å²) in [5.74, 6) is 1.36. The molecule has 0 fully saturated rings. The van der Waals surface area contributed by atoms with Crippen LogP contribution in [0.15, 0.2) is 28.1 Å². The fraction of sp³-hybridized carbons (Fsp3) is 0.611. The number of hydrogen-bond acceptors (Lipinski definition) is 6. The molecule has 29 heavy (non-hydrogen) atoms. The smallest absolute Gasteiger partial charge is 0.293 e. The zero-order valence-electron chi connectivity index (χ0n) is 17.4. The maximum absolute atomic E-state index is 11.6. The first-order valence-electron chi connectivity index (χ1n) is 9.39. The largest absolute Gasteiger partial charge is 0.378 e. The van der Waals surface area contributed by atoms with Crippen LogP contribution in [0, 0.1) is 16.0 Å². The Balaban J connectivity index is 0.00000784. The molecule has 11 heteroatoms. The van der Waals surface area contributed by atoms with Crippen molar-refractivity contribution in [2.24, 2.45) is 10.9 Å². The lowest BCUT2D eigenvalue weighted by Gasteiger charge is -2.13. The molecule has 0 amide bonds. The van der Waals surface area contributed by atoms with Gasteiger partial charge in [0.15, 0.2) is 15.8 Å². The van der Waals surface area contributed by atoms with E-state index >= 15 is 0 Å². The lowest BCUT2D eigenvalue weighted by molar-refractivity contribution is -0.384. The van der Waals surface area contributed by atoms with E-state index in [-0.39, 0.29) is 40.2 Å². The highest BCUT2D eigenvalue weighted by Gasteiger charge is 2.18. The molecule has 0 saturated carbocycles. The molecule has 1 rings (SSSR count). The Morgan fingerprint density at radius 3 is 2.48 bits per heavy atom. The molecule has 0 radical (unpaired) electrons. The summed E-state index contributed by atoms with van der Waals surface area (Å²) in [7, 11) is -3.50. The number of halogens is 1. The first kappa shape index (κ1) is 27.4. The summed E-state index contributed by atoms with van der Waals surface area (Å²) >= 11 is 0. The molecule has 0 heterocycles. The van der Waals surface area contributed by atoms with Crippen LogP contribution in [-0.4, -0.2) is 51.7 Å². The molecular weight excluding hydrogens is 509 g/mol. The molecule has 0 unspecified atom stereocenters. The van der Waals surface area contributed by atoms with Crippen LogP contribution in [0.5, 0.6) is 0 Å². The predicted octanol–water partition coefficient (Wildman–Crippen LogP) is 3.02. The van der Waals surface area contributed by atoms with Crippen LogP contribution in [-0.2, 0) is 9.84 Å². The number of nitrogens with zero attached hydrogens (tertiary/aromatic N) is 2. The van der Waals surface area contributed by atoms with E-state index in [1.54, 1.807) is 0 Å². The number of benzene rings is 1. The maximum atomic E-state index is 11.6. The molecule has 0 aliphatic carbocycles. The van der Waals surface area contributed by atoms with Gasteiger partial charge in [0.1, 0.15) is 5.69 Å². The fourth-order valence-corrected chi connectivity index (χ4v) is 3.09. The van der Waals surface area contributed by atoms with Crippen molar-refractivity contribution in [1.82, 2.24) is 10.6 Å². The summed E-state index contributed by atoms with van der Waals surface area (Å²) < 4.78 is 23.2. The standard InChI is InChI=1S/C18H31N5O4S.HI/c1-5-19-18(21-10-6-7-14(2)3)22-12-11-20-16-9-8-15(28(4,26)27)13-17(16)23(24)25;/h8-9,13-14,20H,5-7,10-12H2,1-4H3,(H2,19,21,22);1H. The Kier molecular flexibility index (Phi) is 12.8. The molecule has 3 N–H and O–H groups in total. The van der Waals surface area contributed by atoms with Crippen LogP contribution in [0.25, 0.3) is 0 Å². The van der Waals surface area contributed by atoms with Crippen molar-refractivity contribution in [2.75, 3.05) is 37.8 Å². The number of nitro benzene ring substituents is 1. The molecule has 0 atom stereocenters. The van der Waals surface area contributed by atoms with E-state index < -0.39 is 14.8 Å². The first-order chi connectivity index (χ1) is 13.1. The van der Waals surface area contributed by atoms with Crippen molar-refractivity contribution in [3.05, 3.63) is 28.3 Å². The third kappa shape index (κ3) is 10.6. The van der Waals surface area contributed by atoms with E-state index in [1.165, 1.54) is 12.1 Å². The van der Waals surface area contributed by atoms with Gasteiger partial charge in [-0.2, -0.15) is 0 Å². The molecule has 0 aliphatic heterocycles. The predicted molar refractivity (Wildman–Crippen MR) is 128 cm³/mol. The van der Waals surface area contributed by atoms with Crippen LogP contribution >= 0.6 is 24.0 Å². The van der Waals surface area contributed by atoms with Gasteiger partial charge in [0, 0.05) is 38.5 Å². The Morgan fingerprint density at radius 1 is 1.24 bits per heavy atom. The van der Waals surface area contributed by atoms with E-state index in [1.807, 2.05) is 6.92 Å². The molecule has 0 saturated heterocycles. The summed E-state index contributed by atoms with van der Waals surface area (Å²) in [5, 5.41) is 20.6. The molecular formula is C18H32IN5O4S. The highest BCUT2D eigenvalue weighted by Crippen LogP contribution is 2.27. The van der Waals surface area contributed by atoms with Crippen LogP contribution < -0.4 is 16.0 Å². The van der Waals surface area contributed by atoms with Crippen molar-refractivity contribution in [3.63, 3.8) is 0 Å². The Labute approximate surface area is 190 Å². The SMILES string of the molecule is CCNC(=NCCCC(C)C)NCCNc1ccc(S(C)(=O)=O)cc1[N+](=O)[O-].I. The number of anilines is 1. The van der Waals surface area contributed by atoms with Gasteiger partial charge in [0.25, 0.3) is 5.69 Å². The number of sulfone groups is 1. The van der Waals surface area contributed by atoms with Gasteiger partial charge in [-0.15, -0.1) is 24.0 Å². The third-order valence-corrected chi connectivity index (χ3v) is 4.99. The molecule has 0 aliphatic rings. The lowest BCUT2D eigenvalue weighted by atomic mass is 10.1. The van der Waals surface area contributed by atoms with E-state index in [2.05, 4.69) is 34.8 Å². The molecule has 0 spiro atoms. The van der Waals surface area contributed by atoms with Crippen LogP contribution in [0.3, 0.4) is 0 Å². The van der Waals surface area contributed by atoms with E-state index in [0.29, 0.717) is 25.0 Å². The average molecular weight is 541 g/mol. The van der Waals surface area contributed by atoms with Gasteiger partial charge in [-0.1, -0.05) is 13.8 Å². The van der Waals surface area contributed by atoms with E-state index in [9.17, 15) is 18.5 Å². The van der Waals surface area contributed by atoms with Gasteiger partial charge in [0.05, 0.1) is 9.82 Å². The van der Waals surface area contributed by atoms with Gasteiger partial charge in [-0.25, -0.2) is 8.42 Å². The van der Waals surface area contributed by atoms with Crippen molar-refractivity contribution >= 4 is 51.1 Å². The summed E-state index contributed by atoms with van der Waals surface area (Å²) in [5.41, 5.74) is 0.00950. The highest BCUT2D eigenvalue weighted by atomic mass is 127. The Hall–Kier alpha value is -1.63. The third-order valence-electron chi connectivity index (χ3n) is 3.88. The second-order valence-corrected chi connectivity index (χ2v) is 8.87. The van der Waals surface area contributed by atoms with Crippen molar-refractivity contribution in [3.8, 4) is 0 Å². The molecule has 1 aromatic carbocycles. The maximum Gasteiger partial charge on any atom is 0.293 e. The lowest BCUT2D eigenvalue weighted by Crippen LogP contribution is -2.39. The first-order valence-corrected chi connectivity index (χ1v) is 11.3. The minimum absolute atomic E-state index is 0. The Morgan fingerprint density at radius 2 is 1.93 bits per heavy atom.